The van der Waals surface area contributed by atoms with E-state index in [1.807, 2.05) is 72.8 Å². The van der Waals surface area contributed by atoms with Gasteiger partial charge >= 0.3 is 0 Å². The molecule has 1 amide bonds. The molecule has 0 saturated heterocycles. The summed E-state index contributed by atoms with van der Waals surface area (Å²) in [6.45, 7) is 0.956. The van der Waals surface area contributed by atoms with Crippen LogP contribution in [-0.4, -0.2) is 61.8 Å². The summed E-state index contributed by atoms with van der Waals surface area (Å²) in [4.78, 5) is 12.8. The van der Waals surface area contributed by atoms with E-state index in [1.165, 1.54) is 0 Å². The molecule has 0 radical (unpaired) electrons. The van der Waals surface area contributed by atoms with Crippen molar-refractivity contribution in [1.29, 1.82) is 0 Å². The van der Waals surface area contributed by atoms with Crippen LogP contribution in [0.1, 0.15) is 46.1 Å². The van der Waals surface area contributed by atoms with Gasteiger partial charge in [0.1, 0.15) is 11.9 Å². The molecule has 0 aromatic heterocycles. The Morgan fingerprint density at radius 2 is 1.20 bits per heavy atom. The van der Waals surface area contributed by atoms with Gasteiger partial charge in [-0.05, 0) is 84.1 Å². The van der Waals surface area contributed by atoms with Crippen molar-refractivity contribution in [3.63, 3.8) is 0 Å². The predicted octanol–water partition coefficient (Wildman–Crippen LogP) is 7.00. The van der Waals surface area contributed by atoms with E-state index in [4.69, 9.17) is 37.9 Å². The fourth-order valence-corrected chi connectivity index (χ4v) is 5.38. The summed E-state index contributed by atoms with van der Waals surface area (Å²) in [7, 11) is 9.54. The first-order chi connectivity index (χ1) is 23.9. The van der Waals surface area contributed by atoms with Crippen molar-refractivity contribution in [3.8, 4) is 46.0 Å². The van der Waals surface area contributed by atoms with Crippen LogP contribution in [0.4, 0.5) is 5.69 Å². The van der Waals surface area contributed by atoms with Gasteiger partial charge in [0.2, 0.25) is 5.75 Å². The summed E-state index contributed by atoms with van der Waals surface area (Å²) >= 11 is 0. The molecule has 0 saturated carbocycles. The number of carbonyl (C=O) groups is 1. The van der Waals surface area contributed by atoms with Crippen molar-refractivity contribution < 1.29 is 42.7 Å². The van der Waals surface area contributed by atoms with Crippen molar-refractivity contribution in [2.24, 2.45) is 0 Å². The minimum absolute atomic E-state index is 0.185. The van der Waals surface area contributed by atoms with Crippen LogP contribution in [0.3, 0.4) is 0 Å². The summed E-state index contributed by atoms with van der Waals surface area (Å²) < 4.78 is 44.9. The number of anilines is 1. The normalized spacial score (nSPS) is 13.5. The Labute approximate surface area is 286 Å². The SMILES string of the molecule is COc1ccc2c(c1)C(=O)NC(c1ccc(OCCCCOc3cc(/C=C\c4cc(OC)c(OC)c(OC)c4)ccc3OC)c(OC)c1)N2. The highest BCUT2D eigenvalue weighted by Gasteiger charge is 2.26. The lowest BCUT2D eigenvalue weighted by Gasteiger charge is -2.28. The Morgan fingerprint density at radius 1 is 0.571 bits per heavy atom. The molecule has 11 heteroatoms. The second-order valence-electron chi connectivity index (χ2n) is 11.0. The standard InChI is InChI=1S/C38H42N2O9/c1-42-27-13-14-29-28(23-27)38(41)40-37(39-29)26-12-16-31(32(22-26)44-3)48-17-7-8-18-49-33-19-24(11-15-30(33)43-2)9-10-25-20-34(45-4)36(47-6)35(21-25)46-5/h9-16,19-23,37,39H,7-8,17-18H2,1-6H3,(H,40,41)/b10-9-. The lowest BCUT2D eigenvalue weighted by molar-refractivity contribution is 0.0935. The molecule has 4 aromatic carbocycles. The van der Waals surface area contributed by atoms with Crippen LogP contribution < -0.4 is 48.5 Å². The predicted molar refractivity (Wildman–Crippen MR) is 188 cm³/mol. The van der Waals surface area contributed by atoms with Crippen LogP contribution in [-0.2, 0) is 0 Å². The number of benzene rings is 4. The van der Waals surface area contributed by atoms with Gasteiger partial charge in [0.15, 0.2) is 34.5 Å². The van der Waals surface area contributed by atoms with E-state index in [0.29, 0.717) is 64.8 Å². The van der Waals surface area contributed by atoms with E-state index in [2.05, 4.69) is 10.6 Å². The van der Waals surface area contributed by atoms with Crippen molar-refractivity contribution in [2.75, 3.05) is 61.2 Å². The number of unbranched alkanes of at least 4 members (excludes halogenated alkanes) is 1. The van der Waals surface area contributed by atoms with Crippen LogP contribution in [0.5, 0.6) is 46.0 Å². The average Bonchev–Trinajstić information content (AvgIpc) is 3.14. The van der Waals surface area contributed by atoms with E-state index in [-0.39, 0.29) is 5.91 Å². The molecule has 258 valence electrons. The molecular formula is C38H42N2O9. The van der Waals surface area contributed by atoms with Crippen LogP contribution in [0, 0.1) is 0 Å². The zero-order valence-electron chi connectivity index (χ0n) is 28.6. The number of fused-ring (bicyclic) bond motifs is 1. The van der Waals surface area contributed by atoms with Crippen LogP contribution in [0.15, 0.2) is 66.7 Å². The quantitative estimate of drug-likeness (QED) is 0.0954. The largest absolute Gasteiger partial charge is 0.497 e. The number of amides is 1. The van der Waals surface area contributed by atoms with Crippen molar-refractivity contribution in [2.45, 2.75) is 19.0 Å². The molecule has 1 atom stereocenters. The first-order valence-electron chi connectivity index (χ1n) is 15.8. The molecule has 1 aliphatic heterocycles. The maximum atomic E-state index is 12.8. The summed E-state index contributed by atoms with van der Waals surface area (Å²) in [6.07, 6.45) is 5.04. The summed E-state index contributed by atoms with van der Waals surface area (Å²) in [6, 6.07) is 20.5. The van der Waals surface area contributed by atoms with Gasteiger partial charge in [0.25, 0.3) is 5.91 Å². The van der Waals surface area contributed by atoms with Gasteiger partial charge in [-0.15, -0.1) is 0 Å². The third-order valence-corrected chi connectivity index (χ3v) is 7.96. The van der Waals surface area contributed by atoms with Crippen LogP contribution >= 0.6 is 0 Å². The van der Waals surface area contributed by atoms with Crippen LogP contribution in [0.25, 0.3) is 12.2 Å². The second kappa shape index (κ2) is 16.4. The molecule has 1 unspecified atom stereocenters. The highest BCUT2D eigenvalue weighted by Crippen LogP contribution is 2.39. The van der Waals surface area contributed by atoms with Gasteiger partial charge in [0.05, 0.1) is 61.4 Å². The number of methoxy groups -OCH3 is 6. The summed E-state index contributed by atoms with van der Waals surface area (Å²) in [5.74, 6) is 4.64. The lowest BCUT2D eigenvalue weighted by Crippen LogP contribution is -2.38. The monoisotopic (exact) mass is 670 g/mol. The highest BCUT2D eigenvalue weighted by molar-refractivity contribution is 6.02. The highest BCUT2D eigenvalue weighted by atomic mass is 16.5. The summed E-state index contributed by atoms with van der Waals surface area (Å²) in [5, 5.41) is 6.35. The van der Waals surface area contributed by atoms with Crippen molar-refractivity contribution >= 4 is 23.7 Å². The molecule has 0 spiro atoms. The number of hydrogen-bond donors (Lipinski definition) is 2. The molecule has 11 nitrogen and oxygen atoms in total. The molecule has 4 aromatic rings. The molecular weight excluding hydrogens is 628 g/mol. The van der Waals surface area contributed by atoms with E-state index in [9.17, 15) is 4.79 Å². The Hall–Kier alpha value is -5.71. The Balaban J connectivity index is 1.14. The number of rotatable bonds is 16. The van der Waals surface area contributed by atoms with Crippen molar-refractivity contribution in [1.82, 2.24) is 5.32 Å². The first kappa shape index (κ1) is 34.6. The molecule has 0 bridgehead atoms. The number of ether oxygens (including phenoxy) is 8. The van der Waals surface area contributed by atoms with E-state index in [0.717, 1.165) is 35.2 Å². The van der Waals surface area contributed by atoms with E-state index < -0.39 is 6.17 Å². The van der Waals surface area contributed by atoms with Gasteiger partial charge in [-0.3, -0.25) is 4.79 Å². The maximum Gasteiger partial charge on any atom is 0.255 e. The Morgan fingerprint density at radius 3 is 1.86 bits per heavy atom. The minimum Gasteiger partial charge on any atom is -0.497 e. The van der Waals surface area contributed by atoms with Crippen molar-refractivity contribution in [3.05, 3.63) is 89.0 Å². The van der Waals surface area contributed by atoms with E-state index >= 15 is 0 Å². The number of nitrogens with one attached hydrogen (secondary N) is 2. The third kappa shape index (κ3) is 8.24. The molecule has 49 heavy (non-hydrogen) atoms. The van der Waals surface area contributed by atoms with Gasteiger partial charge in [-0.2, -0.15) is 0 Å². The molecule has 0 fully saturated rings. The molecule has 1 heterocycles. The zero-order chi connectivity index (χ0) is 34.8. The fourth-order valence-electron chi connectivity index (χ4n) is 5.38. The van der Waals surface area contributed by atoms with Crippen LogP contribution in [0.2, 0.25) is 0 Å². The maximum absolute atomic E-state index is 12.8. The average molecular weight is 671 g/mol. The molecule has 2 N–H and O–H groups in total. The van der Waals surface area contributed by atoms with Gasteiger partial charge in [-0.1, -0.05) is 24.3 Å². The second-order valence-corrected chi connectivity index (χ2v) is 11.0. The van der Waals surface area contributed by atoms with Gasteiger partial charge in [0, 0.05) is 5.69 Å². The number of carbonyl (C=O) groups excluding carboxylic acids is 1. The zero-order valence-corrected chi connectivity index (χ0v) is 28.6. The molecule has 5 rings (SSSR count). The van der Waals surface area contributed by atoms with Gasteiger partial charge in [-0.25, -0.2) is 0 Å². The Bertz CT molecular complexity index is 1760. The molecule has 0 aliphatic carbocycles. The topological polar surface area (TPSA) is 115 Å². The first-order valence-corrected chi connectivity index (χ1v) is 15.8. The third-order valence-electron chi connectivity index (χ3n) is 7.96. The fraction of sp³-hybridized carbons (Fsp3) is 0.289. The Kier molecular flexibility index (Phi) is 11.6. The van der Waals surface area contributed by atoms with E-state index in [1.54, 1.807) is 48.7 Å². The lowest BCUT2D eigenvalue weighted by atomic mass is 10.0. The van der Waals surface area contributed by atoms with Gasteiger partial charge < -0.3 is 48.5 Å². The molecule has 1 aliphatic rings. The minimum atomic E-state index is -0.422. The summed E-state index contributed by atoms with van der Waals surface area (Å²) in [5.41, 5.74) is 3.93. The smallest absolute Gasteiger partial charge is 0.255 e. The number of hydrogen-bond acceptors (Lipinski definition) is 10.